The Bertz CT molecular complexity index is 963. The zero-order valence-corrected chi connectivity index (χ0v) is 18.2. The highest BCUT2D eigenvalue weighted by molar-refractivity contribution is 8.03. The minimum atomic E-state index is -0.204. The highest BCUT2D eigenvalue weighted by Crippen LogP contribution is 2.30. The van der Waals surface area contributed by atoms with Crippen LogP contribution in [0.5, 0.6) is 0 Å². The maximum Gasteiger partial charge on any atom is 0.250 e. The second-order valence-corrected chi connectivity index (χ2v) is 9.44. The van der Waals surface area contributed by atoms with Crippen LogP contribution in [0.15, 0.2) is 68.4 Å². The number of amides is 1. The molecule has 2 aromatic carbocycles. The van der Waals surface area contributed by atoms with Crippen LogP contribution in [-0.4, -0.2) is 27.6 Å². The predicted molar refractivity (Wildman–Crippen MR) is 118 cm³/mol. The quantitative estimate of drug-likeness (QED) is 0.294. The number of carbonyl (C=O) groups is 1. The van der Waals surface area contributed by atoms with Gasteiger partial charge in [0.15, 0.2) is 8.68 Å². The average Bonchev–Trinajstić information content (AvgIpc) is 3.18. The van der Waals surface area contributed by atoms with Crippen LogP contribution in [0.25, 0.3) is 0 Å². The molecule has 0 bridgehead atoms. The molecule has 0 fully saturated rings. The molecule has 0 unspecified atom stereocenters. The second kappa shape index (κ2) is 10.6. The number of aromatic nitrogens is 2. The maximum atomic E-state index is 12.0. The molecule has 1 heterocycles. The highest BCUT2D eigenvalue weighted by Gasteiger charge is 2.09. The fourth-order valence-electron chi connectivity index (χ4n) is 2.15. The zero-order chi connectivity index (χ0) is 19.8. The van der Waals surface area contributed by atoms with Gasteiger partial charge in [-0.3, -0.25) is 4.79 Å². The van der Waals surface area contributed by atoms with E-state index in [9.17, 15) is 4.79 Å². The number of halogens is 1. The third-order valence-electron chi connectivity index (χ3n) is 3.53. The summed E-state index contributed by atoms with van der Waals surface area (Å²) in [5.41, 5.74) is 5.24. The molecule has 0 aliphatic rings. The topological polar surface area (TPSA) is 67.2 Å². The average molecular weight is 449 g/mol. The summed E-state index contributed by atoms with van der Waals surface area (Å²) < 4.78 is 1.65. The minimum Gasteiger partial charge on any atom is -0.272 e. The lowest BCUT2D eigenvalue weighted by Gasteiger charge is -2.04. The van der Waals surface area contributed by atoms with Crippen molar-refractivity contribution >= 4 is 58.1 Å². The Morgan fingerprint density at radius 1 is 1.07 bits per heavy atom. The van der Waals surface area contributed by atoms with Gasteiger partial charge in [0.05, 0.1) is 11.5 Å². The first kappa shape index (κ1) is 20.9. The third-order valence-corrected chi connectivity index (χ3v) is 7.12. The van der Waals surface area contributed by atoms with Crippen LogP contribution in [0.2, 0.25) is 5.02 Å². The number of carbonyl (C=O) groups excluding carboxylic acids is 1. The Morgan fingerprint density at radius 2 is 1.75 bits per heavy atom. The number of hydrazone groups is 1. The molecule has 0 radical (unpaired) electrons. The van der Waals surface area contributed by atoms with E-state index in [0.717, 1.165) is 20.0 Å². The molecular weight excluding hydrogens is 432 g/mol. The summed E-state index contributed by atoms with van der Waals surface area (Å²) in [5, 5.41) is 13.0. The first-order valence-corrected chi connectivity index (χ1v) is 11.5. The van der Waals surface area contributed by atoms with E-state index in [2.05, 4.69) is 32.9 Å². The van der Waals surface area contributed by atoms with Crippen molar-refractivity contribution in [2.24, 2.45) is 5.10 Å². The molecule has 3 rings (SSSR count). The molecule has 144 valence electrons. The Kier molecular flexibility index (Phi) is 7.90. The van der Waals surface area contributed by atoms with Gasteiger partial charge in [0.25, 0.3) is 5.91 Å². The molecule has 0 saturated carbocycles. The van der Waals surface area contributed by atoms with Gasteiger partial charge >= 0.3 is 0 Å². The summed E-state index contributed by atoms with van der Waals surface area (Å²) in [7, 11) is 0. The van der Waals surface area contributed by atoms with Gasteiger partial charge in [-0.25, -0.2) is 5.43 Å². The molecule has 1 N–H and O–H groups in total. The summed E-state index contributed by atoms with van der Waals surface area (Å²) in [6, 6.07) is 17.6. The maximum absolute atomic E-state index is 12.0. The van der Waals surface area contributed by atoms with Gasteiger partial charge in [0, 0.05) is 16.3 Å². The van der Waals surface area contributed by atoms with E-state index >= 15 is 0 Å². The first-order chi connectivity index (χ1) is 13.6. The summed E-state index contributed by atoms with van der Waals surface area (Å²) in [6.07, 6.45) is 0. The van der Waals surface area contributed by atoms with Crippen LogP contribution in [0, 0.1) is 0 Å². The van der Waals surface area contributed by atoms with E-state index in [1.807, 2.05) is 36.4 Å². The largest absolute Gasteiger partial charge is 0.272 e. The number of benzene rings is 2. The van der Waals surface area contributed by atoms with Crippen molar-refractivity contribution in [1.29, 1.82) is 0 Å². The van der Waals surface area contributed by atoms with Crippen LogP contribution in [0.4, 0.5) is 0 Å². The smallest absolute Gasteiger partial charge is 0.250 e. The first-order valence-electron chi connectivity index (χ1n) is 8.33. The molecule has 3 aromatic rings. The minimum absolute atomic E-state index is 0.204. The van der Waals surface area contributed by atoms with Crippen molar-refractivity contribution in [2.45, 2.75) is 21.4 Å². The van der Waals surface area contributed by atoms with Crippen molar-refractivity contribution in [1.82, 2.24) is 15.6 Å². The van der Waals surface area contributed by atoms with Crippen LogP contribution in [-0.2, 0) is 10.5 Å². The van der Waals surface area contributed by atoms with Crippen LogP contribution in [0.3, 0.4) is 0 Å². The molecule has 1 amide bonds. The van der Waals surface area contributed by atoms with Gasteiger partial charge in [-0.2, -0.15) is 5.10 Å². The second-order valence-electron chi connectivity index (χ2n) is 5.61. The molecule has 0 spiro atoms. The van der Waals surface area contributed by atoms with E-state index < -0.39 is 0 Å². The molecule has 1 aromatic heterocycles. The molecule has 9 heteroatoms. The van der Waals surface area contributed by atoms with Gasteiger partial charge in [0.1, 0.15) is 0 Å². The lowest BCUT2D eigenvalue weighted by Crippen LogP contribution is -2.21. The number of hydrogen-bond donors (Lipinski definition) is 1. The fourth-order valence-corrected chi connectivity index (χ4v) is 5.19. The predicted octanol–water partition coefficient (Wildman–Crippen LogP) is 5.12. The van der Waals surface area contributed by atoms with E-state index in [-0.39, 0.29) is 11.7 Å². The number of rotatable bonds is 8. The van der Waals surface area contributed by atoms with Crippen molar-refractivity contribution in [3.63, 3.8) is 0 Å². The third kappa shape index (κ3) is 6.34. The van der Waals surface area contributed by atoms with Crippen molar-refractivity contribution in [3.8, 4) is 0 Å². The van der Waals surface area contributed by atoms with Crippen LogP contribution < -0.4 is 5.43 Å². The molecule has 0 aliphatic heterocycles. The molecular formula is C19H17ClN4OS3. The van der Waals surface area contributed by atoms with Crippen molar-refractivity contribution in [3.05, 3.63) is 70.7 Å². The molecule has 5 nitrogen and oxygen atoms in total. The fraction of sp³-hybridized carbons (Fsp3) is 0.158. The highest BCUT2D eigenvalue weighted by atomic mass is 35.5. The summed E-state index contributed by atoms with van der Waals surface area (Å²) in [4.78, 5) is 12.0. The monoisotopic (exact) mass is 448 g/mol. The molecule has 28 heavy (non-hydrogen) atoms. The van der Waals surface area contributed by atoms with E-state index in [0.29, 0.717) is 10.7 Å². The van der Waals surface area contributed by atoms with E-state index in [4.69, 9.17) is 11.6 Å². The molecule has 0 saturated heterocycles. The summed E-state index contributed by atoms with van der Waals surface area (Å²) in [6.45, 7) is 1.80. The number of thioether (sulfide) groups is 2. The lowest BCUT2D eigenvalue weighted by atomic mass is 10.1. The lowest BCUT2D eigenvalue weighted by molar-refractivity contribution is -0.118. The van der Waals surface area contributed by atoms with Crippen molar-refractivity contribution in [2.75, 3.05) is 5.75 Å². The van der Waals surface area contributed by atoms with E-state index in [1.54, 1.807) is 24.8 Å². The Morgan fingerprint density at radius 3 is 2.50 bits per heavy atom. The summed E-state index contributed by atoms with van der Waals surface area (Å²) >= 11 is 10.6. The van der Waals surface area contributed by atoms with Gasteiger partial charge in [-0.1, -0.05) is 95.0 Å². The zero-order valence-electron chi connectivity index (χ0n) is 15.0. The summed E-state index contributed by atoms with van der Waals surface area (Å²) in [5.74, 6) is 0.860. The SMILES string of the molecule is CC(=NNC(=O)CSc1nnc(SCc2ccccc2)s1)c1ccccc1Cl. The number of hydrogen-bond acceptors (Lipinski definition) is 7. The number of nitrogens with one attached hydrogen (secondary N) is 1. The van der Waals surface area contributed by atoms with Crippen LogP contribution >= 0.6 is 46.5 Å². The van der Waals surface area contributed by atoms with Gasteiger partial charge < -0.3 is 0 Å². The number of nitrogens with zero attached hydrogens (tertiary/aromatic N) is 3. The van der Waals surface area contributed by atoms with Crippen LogP contribution in [0.1, 0.15) is 18.1 Å². The van der Waals surface area contributed by atoms with Gasteiger partial charge in [-0.05, 0) is 18.6 Å². The van der Waals surface area contributed by atoms with E-state index in [1.165, 1.54) is 28.7 Å². The standard InChI is InChI=1S/C19H17ClN4OS3/c1-13(15-9-5-6-10-16(15)20)21-22-17(25)12-27-19-24-23-18(28-19)26-11-14-7-3-2-4-8-14/h2-10H,11-12H2,1H3,(H,22,25). The Hall–Kier alpha value is -1.87. The van der Waals surface area contributed by atoms with Crippen molar-refractivity contribution < 1.29 is 4.79 Å². The normalized spacial score (nSPS) is 11.4. The van der Waals surface area contributed by atoms with Gasteiger partial charge in [0.2, 0.25) is 0 Å². The Balaban J connectivity index is 1.45. The molecule has 0 atom stereocenters. The van der Waals surface area contributed by atoms with Gasteiger partial charge in [-0.15, -0.1) is 10.2 Å². The molecule has 0 aliphatic carbocycles. The Labute approximate surface area is 181 Å².